The number of rotatable bonds is 12. The number of anilines is 1. The molecule has 3 rings (SSSR count). The lowest BCUT2D eigenvalue weighted by Crippen LogP contribution is -2.19. The molecule has 0 saturated carbocycles. The van der Waals surface area contributed by atoms with E-state index >= 15 is 0 Å². The van der Waals surface area contributed by atoms with Crippen LogP contribution in [0.25, 0.3) is 0 Å². The topological polar surface area (TPSA) is 121 Å². The van der Waals surface area contributed by atoms with Crippen molar-refractivity contribution in [2.24, 2.45) is 5.10 Å². The second-order valence-corrected chi connectivity index (χ2v) is 8.35. The molecule has 1 heterocycles. The van der Waals surface area contributed by atoms with E-state index in [0.717, 1.165) is 17.1 Å². The lowest BCUT2D eigenvalue weighted by molar-refractivity contribution is -0.120. The highest BCUT2D eigenvalue weighted by Gasteiger charge is 2.10. The molecule has 0 aliphatic rings. The maximum Gasteiger partial charge on any atom is 0.247 e. The Morgan fingerprint density at radius 3 is 2.42 bits per heavy atom. The summed E-state index contributed by atoms with van der Waals surface area (Å²) in [6, 6.07) is 12.7. The minimum absolute atomic E-state index is 0.0287. The Morgan fingerprint density at radius 2 is 1.76 bits per heavy atom. The highest BCUT2D eigenvalue weighted by Crippen LogP contribution is 2.33. The van der Waals surface area contributed by atoms with E-state index in [0.29, 0.717) is 51.3 Å². The normalized spacial score (nSPS) is 11.0. The van der Waals surface area contributed by atoms with Crippen molar-refractivity contribution in [3.05, 3.63) is 63.1 Å². The maximum absolute atomic E-state index is 11.9. The van der Waals surface area contributed by atoms with Crippen molar-refractivity contribution in [1.82, 2.24) is 15.6 Å². The average Bonchev–Trinajstić information content (AvgIpc) is 3.19. The number of hydrogen-bond acceptors (Lipinski definition) is 9. The molecule has 9 nitrogen and oxygen atoms in total. The Balaban J connectivity index is 1.38. The van der Waals surface area contributed by atoms with Gasteiger partial charge in [0.2, 0.25) is 11.0 Å². The number of carbonyl (C=O) groups excluding carboxylic acids is 1. The molecule has 0 aliphatic heterocycles. The highest BCUT2D eigenvalue weighted by molar-refractivity contribution is 7.15. The van der Waals surface area contributed by atoms with Crippen molar-refractivity contribution in [1.29, 1.82) is 0 Å². The zero-order valence-electron chi connectivity index (χ0n) is 17.4. The summed E-state index contributed by atoms with van der Waals surface area (Å²) in [5.41, 5.74) is 8.47. The number of carbonyl (C=O) groups is 1. The van der Waals surface area contributed by atoms with Gasteiger partial charge in [0.15, 0.2) is 5.75 Å². The first-order chi connectivity index (χ1) is 16.0. The molecule has 33 heavy (non-hydrogen) atoms. The van der Waals surface area contributed by atoms with Crippen LogP contribution in [0.15, 0.2) is 47.6 Å². The number of aromatic nitrogens is 2. The predicted octanol–water partition coefficient (Wildman–Crippen LogP) is 3.59. The summed E-state index contributed by atoms with van der Waals surface area (Å²) in [5, 5.41) is 12.7. The molecule has 3 aromatic rings. The van der Waals surface area contributed by atoms with Gasteiger partial charge in [0.25, 0.3) is 0 Å². The van der Waals surface area contributed by atoms with Gasteiger partial charge in [-0.05, 0) is 29.8 Å². The molecule has 0 spiro atoms. The second kappa shape index (κ2) is 12.9. The molecule has 1 aromatic heterocycles. The lowest BCUT2D eigenvalue weighted by atomic mass is 10.2. The van der Waals surface area contributed by atoms with Crippen LogP contribution in [0, 0.1) is 0 Å². The molecule has 0 atom stereocenters. The van der Waals surface area contributed by atoms with E-state index in [-0.39, 0.29) is 18.9 Å². The highest BCUT2D eigenvalue weighted by atomic mass is 35.5. The molecule has 0 aliphatic carbocycles. The van der Waals surface area contributed by atoms with E-state index in [1.165, 1.54) is 6.21 Å². The van der Waals surface area contributed by atoms with Crippen LogP contribution in [0.4, 0.5) is 5.13 Å². The van der Waals surface area contributed by atoms with E-state index in [9.17, 15) is 4.79 Å². The number of benzene rings is 2. The number of nitrogens with two attached hydrogens (primary N) is 1. The fraction of sp³-hybridized carbons (Fsp3) is 0.238. The summed E-state index contributed by atoms with van der Waals surface area (Å²) < 4.78 is 16.7. The van der Waals surface area contributed by atoms with Gasteiger partial charge in [0, 0.05) is 0 Å². The van der Waals surface area contributed by atoms with Crippen LogP contribution in [0.5, 0.6) is 11.5 Å². The van der Waals surface area contributed by atoms with Gasteiger partial charge in [-0.25, -0.2) is 5.43 Å². The second-order valence-electron chi connectivity index (χ2n) is 6.44. The zero-order chi connectivity index (χ0) is 23.5. The lowest BCUT2D eigenvalue weighted by Gasteiger charge is -2.11. The van der Waals surface area contributed by atoms with Crippen LogP contribution >= 0.6 is 34.5 Å². The number of hydrogen-bond donors (Lipinski definition) is 2. The number of halogens is 2. The predicted molar refractivity (Wildman–Crippen MR) is 128 cm³/mol. The van der Waals surface area contributed by atoms with Gasteiger partial charge in [-0.15, -0.1) is 10.2 Å². The molecule has 12 heteroatoms. The van der Waals surface area contributed by atoms with Gasteiger partial charge in [-0.2, -0.15) is 5.10 Å². The molecule has 0 saturated heterocycles. The number of nitrogen functional groups attached to an aromatic ring is 1. The van der Waals surface area contributed by atoms with Crippen molar-refractivity contribution in [2.45, 2.75) is 6.42 Å². The van der Waals surface area contributed by atoms with Gasteiger partial charge in [0.05, 0.1) is 35.9 Å². The Morgan fingerprint density at radius 1 is 1.06 bits per heavy atom. The van der Waals surface area contributed by atoms with Crippen molar-refractivity contribution >= 4 is 51.8 Å². The number of nitrogens with zero attached hydrogens (tertiary/aromatic N) is 3. The maximum atomic E-state index is 11.9. The summed E-state index contributed by atoms with van der Waals surface area (Å²) in [7, 11) is 0. The average molecular weight is 510 g/mol. The summed E-state index contributed by atoms with van der Waals surface area (Å²) in [6.07, 6.45) is 1.45. The van der Waals surface area contributed by atoms with Crippen LogP contribution in [0.1, 0.15) is 10.6 Å². The number of ether oxygens (including phenoxy) is 3. The third-order valence-electron chi connectivity index (χ3n) is 3.93. The van der Waals surface area contributed by atoms with Gasteiger partial charge in [0.1, 0.15) is 24.0 Å². The molecule has 174 valence electrons. The summed E-state index contributed by atoms with van der Waals surface area (Å²) in [4.78, 5) is 11.9. The minimum atomic E-state index is -0.353. The number of amides is 1. The van der Waals surface area contributed by atoms with Gasteiger partial charge >= 0.3 is 0 Å². The molecular weight excluding hydrogens is 489 g/mol. The van der Waals surface area contributed by atoms with E-state index in [1.54, 1.807) is 12.1 Å². The molecule has 1 amide bonds. The number of hydrazone groups is 1. The Hall–Kier alpha value is -2.92. The summed E-state index contributed by atoms with van der Waals surface area (Å²) >= 11 is 13.7. The molecule has 3 N–H and O–H groups in total. The Bertz CT molecular complexity index is 1060. The van der Waals surface area contributed by atoms with Gasteiger partial charge < -0.3 is 19.9 Å². The fourth-order valence-corrected chi connectivity index (χ4v) is 3.75. The molecule has 2 aromatic carbocycles. The first kappa shape index (κ1) is 24.7. The first-order valence-electron chi connectivity index (χ1n) is 9.78. The van der Waals surface area contributed by atoms with E-state index in [1.807, 2.05) is 30.3 Å². The monoisotopic (exact) mass is 509 g/mol. The van der Waals surface area contributed by atoms with Crippen molar-refractivity contribution < 1.29 is 19.0 Å². The molecule has 0 radical (unpaired) electrons. The largest absolute Gasteiger partial charge is 0.491 e. The van der Waals surface area contributed by atoms with Crippen LogP contribution in [0.3, 0.4) is 0 Å². The van der Waals surface area contributed by atoms with Crippen molar-refractivity contribution in [2.75, 3.05) is 32.2 Å². The minimum Gasteiger partial charge on any atom is -0.491 e. The molecule has 0 unspecified atom stereocenters. The van der Waals surface area contributed by atoms with E-state index < -0.39 is 0 Å². The quantitative estimate of drug-likeness (QED) is 0.217. The van der Waals surface area contributed by atoms with Crippen LogP contribution in [-0.4, -0.2) is 48.7 Å². The van der Waals surface area contributed by atoms with Crippen molar-refractivity contribution in [3.8, 4) is 11.5 Å². The van der Waals surface area contributed by atoms with Gasteiger partial charge in [-0.1, -0.05) is 52.7 Å². The third kappa shape index (κ3) is 8.50. The van der Waals surface area contributed by atoms with Crippen LogP contribution < -0.4 is 20.6 Å². The Labute approximate surface area is 204 Å². The summed E-state index contributed by atoms with van der Waals surface area (Å²) in [5.74, 6) is 0.785. The molecule has 0 fully saturated rings. The summed E-state index contributed by atoms with van der Waals surface area (Å²) in [6.45, 7) is 1.48. The van der Waals surface area contributed by atoms with Crippen LogP contribution in [-0.2, 0) is 16.0 Å². The fourth-order valence-electron chi connectivity index (χ4n) is 2.53. The SMILES string of the molecule is Nc1nnc(CC(=O)N/N=C/c2cc(Cl)c(OCCOCCOc3ccccc3)c(Cl)c2)s1. The Kier molecular flexibility index (Phi) is 9.70. The van der Waals surface area contributed by atoms with Crippen molar-refractivity contribution in [3.63, 3.8) is 0 Å². The molecular formula is C21H21Cl2N5O4S. The third-order valence-corrected chi connectivity index (χ3v) is 5.25. The smallest absolute Gasteiger partial charge is 0.247 e. The number of para-hydroxylation sites is 1. The zero-order valence-corrected chi connectivity index (χ0v) is 19.7. The van der Waals surface area contributed by atoms with E-state index in [4.69, 9.17) is 43.1 Å². The molecule has 0 bridgehead atoms. The first-order valence-corrected chi connectivity index (χ1v) is 11.4. The standard InChI is InChI=1S/C21H21Cl2N5O4S/c22-16-10-14(13-25-26-18(29)12-19-27-28-21(24)33-19)11-17(23)20(16)32-9-7-30-6-8-31-15-4-2-1-3-5-15/h1-5,10-11,13H,6-9,12H2,(H2,24,28)(H,26,29)/b25-13+. The van der Waals surface area contributed by atoms with Gasteiger partial charge in [-0.3, -0.25) is 4.79 Å². The van der Waals surface area contributed by atoms with E-state index in [2.05, 4.69) is 20.7 Å². The number of nitrogens with one attached hydrogen (secondary N) is 1. The van der Waals surface area contributed by atoms with Crippen LogP contribution in [0.2, 0.25) is 10.0 Å².